The summed E-state index contributed by atoms with van der Waals surface area (Å²) in [6, 6.07) is 4.61. The zero-order valence-electron chi connectivity index (χ0n) is 13.2. The number of nitrogens with one attached hydrogen (secondary N) is 1. The van der Waals surface area contributed by atoms with Crippen LogP contribution in [0.5, 0.6) is 0 Å². The molecule has 1 aromatic rings. The van der Waals surface area contributed by atoms with Crippen LogP contribution in [0.3, 0.4) is 0 Å². The maximum atomic E-state index is 12.8. The first kappa shape index (κ1) is 18.6. The topological polar surface area (TPSA) is 66.5 Å². The molecule has 0 saturated heterocycles. The van der Waals surface area contributed by atoms with Crippen molar-refractivity contribution in [1.29, 1.82) is 0 Å². The van der Waals surface area contributed by atoms with Crippen LogP contribution in [0.1, 0.15) is 27.2 Å². The highest BCUT2D eigenvalue weighted by Gasteiger charge is 2.15. The molecule has 0 bridgehead atoms. The Kier molecular flexibility index (Phi) is 6.96. The number of amides is 1. The van der Waals surface area contributed by atoms with E-state index in [1.807, 2.05) is 0 Å². The summed E-state index contributed by atoms with van der Waals surface area (Å²) >= 11 is 0. The Morgan fingerprint density at radius 1 is 1.23 bits per heavy atom. The summed E-state index contributed by atoms with van der Waals surface area (Å²) in [5, 5.41) is 0. The summed E-state index contributed by atoms with van der Waals surface area (Å²) in [5.41, 5.74) is 0. The molecule has 0 heterocycles. The molecule has 0 aliphatic carbocycles. The molecule has 0 saturated carbocycles. The van der Waals surface area contributed by atoms with Gasteiger partial charge in [-0.2, -0.15) is 0 Å². The molecule has 0 spiro atoms. The van der Waals surface area contributed by atoms with Crippen LogP contribution in [0.25, 0.3) is 0 Å². The molecule has 0 fully saturated rings. The van der Waals surface area contributed by atoms with Crippen molar-refractivity contribution in [2.24, 2.45) is 5.92 Å². The fourth-order valence-corrected chi connectivity index (χ4v) is 2.87. The van der Waals surface area contributed by atoms with Crippen molar-refractivity contribution in [2.75, 3.05) is 19.6 Å². The summed E-state index contributed by atoms with van der Waals surface area (Å²) in [5.74, 6) is -0.102. The van der Waals surface area contributed by atoms with Gasteiger partial charge in [0.05, 0.1) is 4.90 Å². The number of nitrogens with zero attached hydrogens (tertiary/aromatic N) is 1. The Balaban J connectivity index is 2.56. The largest absolute Gasteiger partial charge is 0.342 e. The molecular formula is C15H23FN2O3S. The first-order valence-electron chi connectivity index (χ1n) is 7.23. The second-order valence-corrected chi connectivity index (χ2v) is 7.31. The fraction of sp³-hybridized carbons (Fsp3) is 0.533. The summed E-state index contributed by atoms with van der Waals surface area (Å²) in [6.45, 7) is 6.63. The molecule has 124 valence electrons. The maximum absolute atomic E-state index is 12.8. The van der Waals surface area contributed by atoms with Crippen LogP contribution in [-0.4, -0.2) is 38.9 Å². The normalized spacial score (nSPS) is 11.7. The van der Waals surface area contributed by atoms with Gasteiger partial charge in [0.15, 0.2) is 0 Å². The Labute approximate surface area is 131 Å². The lowest BCUT2D eigenvalue weighted by atomic mass is 10.1. The van der Waals surface area contributed by atoms with Crippen LogP contribution in [0.2, 0.25) is 0 Å². The monoisotopic (exact) mass is 330 g/mol. The Morgan fingerprint density at radius 3 is 2.32 bits per heavy atom. The third kappa shape index (κ3) is 6.11. The molecule has 0 unspecified atom stereocenters. The minimum atomic E-state index is -3.68. The average molecular weight is 330 g/mol. The number of carbonyl (C=O) groups is 1. The molecule has 0 atom stereocenters. The van der Waals surface area contributed by atoms with Crippen molar-refractivity contribution in [1.82, 2.24) is 9.62 Å². The predicted octanol–water partition coefficient (Wildman–Crippen LogP) is 2.00. The van der Waals surface area contributed by atoms with Crippen molar-refractivity contribution in [3.05, 3.63) is 30.1 Å². The van der Waals surface area contributed by atoms with E-state index in [2.05, 4.69) is 18.6 Å². The standard InChI is InChI=1S/C15H23FN2O3S/c1-12(2)8-10-18(13(3)19)11-9-17-22(20,21)15-6-4-14(16)5-7-15/h4-7,12,17H,8-11H2,1-3H3. The molecular weight excluding hydrogens is 307 g/mol. The van der Waals surface area contributed by atoms with Gasteiger partial charge in [-0.1, -0.05) is 13.8 Å². The van der Waals surface area contributed by atoms with Gasteiger partial charge in [-0.05, 0) is 36.6 Å². The highest BCUT2D eigenvalue weighted by Crippen LogP contribution is 2.09. The van der Waals surface area contributed by atoms with E-state index >= 15 is 0 Å². The minimum absolute atomic E-state index is 0.00505. The molecule has 22 heavy (non-hydrogen) atoms. The second-order valence-electron chi connectivity index (χ2n) is 5.54. The van der Waals surface area contributed by atoms with Crippen molar-refractivity contribution in [2.45, 2.75) is 32.1 Å². The van der Waals surface area contributed by atoms with E-state index in [1.54, 1.807) is 4.90 Å². The van der Waals surface area contributed by atoms with E-state index in [-0.39, 0.29) is 17.3 Å². The van der Waals surface area contributed by atoms with Crippen LogP contribution in [0, 0.1) is 11.7 Å². The summed E-state index contributed by atoms with van der Waals surface area (Å²) in [4.78, 5) is 13.1. The van der Waals surface area contributed by atoms with Gasteiger partial charge in [-0.3, -0.25) is 4.79 Å². The zero-order chi connectivity index (χ0) is 16.8. The molecule has 0 aromatic heterocycles. The molecule has 5 nitrogen and oxygen atoms in total. The zero-order valence-corrected chi connectivity index (χ0v) is 14.0. The number of rotatable bonds is 8. The number of carbonyl (C=O) groups excluding carboxylic acids is 1. The van der Waals surface area contributed by atoms with E-state index in [9.17, 15) is 17.6 Å². The predicted molar refractivity (Wildman–Crippen MR) is 83.3 cm³/mol. The number of halogens is 1. The van der Waals surface area contributed by atoms with Crippen LogP contribution >= 0.6 is 0 Å². The summed E-state index contributed by atoms with van der Waals surface area (Å²) < 4.78 is 39.3. The van der Waals surface area contributed by atoms with E-state index < -0.39 is 15.8 Å². The fourth-order valence-electron chi connectivity index (χ4n) is 1.85. The molecule has 1 rings (SSSR count). The highest BCUT2D eigenvalue weighted by molar-refractivity contribution is 7.89. The third-order valence-corrected chi connectivity index (χ3v) is 4.70. The highest BCUT2D eigenvalue weighted by atomic mass is 32.2. The lowest BCUT2D eigenvalue weighted by Crippen LogP contribution is -2.38. The molecule has 0 aliphatic heterocycles. The molecule has 1 aromatic carbocycles. The summed E-state index contributed by atoms with van der Waals surface area (Å²) in [6.07, 6.45) is 0.865. The molecule has 1 amide bonds. The summed E-state index contributed by atoms with van der Waals surface area (Å²) in [7, 11) is -3.68. The molecule has 1 N–H and O–H groups in total. The quantitative estimate of drug-likeness (QED) is 0.793. The van der Waals surface area contributed by atoms with Gasteiger partial charge in [0.1, 0.15) is 5.82 Å². The first-order valence-corrected chi connectivity index (χ1v) is 8.71. The van der Waals surface area contributed by atoms with Gasteiger partial charge in [-0.25, -0.2) is 17.5 Å². The van der Waals surface area contributed by atoms with Crippen LogP contribution in [0.15, 0.2) is 29.2 Å². The first-order chi connectivity index (χ1) is 10.2. The van der Waals surface area contributed by atoms with Gasteiger partial charge < -0.3 is 4.90 Å². The van der Waals surface area contributed by atoms with Crippen molar-refractivity contribution >= 4 is 15.9 Å². The third-order valence-electron chi connectivity index (χ3n) is 3.22. The number of benzene rings is 1. The molecule has 0 aliphatic rings. The number of hydrogen-bond acceptors (Lipinski definition) is 3. The van der Waals surface area contributed by atoms with Gasteiger partial charge in [0.2, 0.25) is 15.9 Å². The SMILES string of the molecule is CC(=O)N(CCNS(=O)(=O)c1ccc(F)cc1)CCC(C)C. The van der Waals surface area contributed by atoms with E-state index in [0.717, 1.165) is 18.6 Å². The Morgan fingerprint density at radius 2 is 1.82 bits per heavy atom. The molecule has 7 heteroatoms. The van der Waals surface area contributed by atoms with Gasteiger partial charge in [0.25, 0.3) is 0 Å². The van der Waals surface area contributed by atoms with Gasteiger partial charge >= 0.3 is 0 Å². The average Bonchev–Trinajstić information content (AvgIpc) is 2.42. The van der Waals surface area contributed by atoms with E-state index in [4.69, 9.17) is 0 Å². The van der Waals surface area contributed by atoms with Crippen molar-refractivity contribution in [3.63, 3.8) is 0 Å². The van der Waals surface area contributed by atoms with Gasteiger partial charge in [-0.15, -0.1) is 0 Å². The Bertz CT molecular complexity index is 585. The number of sulfonamides is 1. The van der Waals surface area contributed by atoms with Crippen LogP contribution in [-0.2, 0) is 14.8 Å². The smallest absolute Gasteiger partial charge is 0.240 e. The molecule has 0 radical (unpaired) electrons. The van der Waals surface area contributed by atoms with E-state index in [0.29, 0.717) is 19.0 Å². The lowest BCUT2D eigenvalue weighted by molar-refractivity contribution is -0.128. The Hall–Kier alpha value is -1.47. The minimum Gasteiger partial charge on any atom is -0.342 e. The maximum Gasteiger partial charge on any atom is 0.240 e. The van der Waals surface area contributed by atoms with Gasteiger partial charge in [0, 0.05) is 26.6 Å². The van der Waals surface area contributed by atoms with Crippen molar-refractivity contribution in [3.8, 4) is 0 Å². The van der Waals surface area contributed by atoms with Crippen LogP contribution < -0.4 is 4.72 Å². The number of hydrogen-bond donors (Lipinski definition) is 1. The van der Waals surface area contributed by atoms with E-state index in [1.165, 1.54) is 19.1 Å². The lowest BCUT2D eigenvalue weighted by Gasteiger charge is -2.22. The second kappa shape index (κ2) is 8.24. The van der Waals surface area contributed by atoms with Crippen molar-refractivity contribution < 1.29 is 17.6 Å². The van der Waals surface area contributed by atoms with Crippen LogP contribution in [0.4, 0.5) is 4.39 Å².